The van der Waals surface area contributed by atoms with Crippen molar-refractivity contribution in [1.82, 2.24) is 10.6 Å². The molecule has 0 saturated carbocycles. The number of carbonyl (C=O) groups excluding carboxylic acids is 1. The third kappa shape index (κ3) is 4.99. The minimum Gasteiger partial charge on any atom is -0.396 e. The zero-order valence-electron chi connectivity index (χ0n) is 13.3. The molecule has 0 unspecified atom stereocenters. The number of halogens is 3. The standard InChI is InChI=1S/C17H21F3N2O2/c1-11(8-13-4-2-3-5-15(13)17(18,19)20)21-16(24)22-14-7-6-12(9-14)10-23/h2-7,11-12,14,23H,8-10H2,1H3,(H2,21,22,24)/t11-,12+,14-/m1/s1. The summed E-state index contributed by atoms with van der Waals surface area (Å²) >= 11 is 0. The maximum absolute atomic E-state index is 13.0. The van der Waals surface area contributed by atoms with Crippen LogP contribution in [0.4, 0.5) is 18.0 Å². The fourth-order valence-electron chi connectivity index (χ4n) is 2.81. The van der Waals surface area contributed by atoms with Gasteiger partial charge in [-0.3, -0.25) is 0 Å². The lowest BCUT2D eigenvalue weighted by Gasteiger charge is -2.19. The lowest BCUT2D eigenvalue weighted by atomic mass is 10.0. The Morgan fingerprint density at radius 2 is 2.04 bits per heavy atom. The van der Waals surface area contributed by atoms with E-state index in [-0.39, 0.29) is 30.6 Å². The summed E-state index contributed by atoms with van der Waals surface area (Å²) in [5.74, 6) is 0.0337. The van der Waals surface area contributed by atoms with Crippen molar-refractivity contribution in [1.29, 1.82) is 0 Å². The van der Waals surface area contributed by atoms with Crippen LogP contribution in [0.5, 0.6) is 0 Å². The van der Waals surface area contributed by atoms with Crippen LogP contribution in [0.2, 0.25) is 0 Å². The van der Waals surface area contributed by atoms with E-state index in [0.29, 0.717) is 6.42 Å². The van der Waals surface area contributed by atoms with E-state index in [0.717, 1.165) is 6.07 Å². The number of amides is 2. The van der Waals surface area contributed by atoms with Crippen LogP contribution in [0.15, 0.2) is 36.4 Å². The van der Waals surface area contributed by atoms with Gasteiger partial charge >= 0.3 is 12.2 Å². The van der Waals surface area contributed by atoms with Crippen molar-refractivity contribution in [3.63, 3.8) is 0 Å². The van der Waals surface area contributed by atoms with E-state index in [1.54, 1.807) is 13.0 Å². The van der Waals surface area contributed by atoms with Gasteiger partial charge in [0.05, 0.1) is 5.56 Å². The summed E-state index contributed by atoms with van der Waals surface area (Å²) in [5.41, 5.74) is -0.525. The van der Waals surface area contributed by atoms with Crippen LogP contribution < -0.4 is 10.6 Å². The van der Waals surface area contributed by atoms with Gasteiger partial charge < -0.3 is 15.7 Å². The molecule has 132 valence electrons. The van der Waals surface area contributed by atoms with Gasteiger partial charge in [-0.1, -0.05) is 30.4 Å². The van der Waals surface area contributed by atoms with Crippen molar-refractivity contribution in [2.24, 2.45) is 5.92 Å². The first-order valence-electron chi connectivity index (χ1n) is 7.81. The molecule has 1 aliphatic carbocycles. The molecular formula is C17H21F3N2O2. The molecule has 1 aromatic rings. The van der Waals surface area contributed by atoms with Gasteiger partial charge in [0.2, 0.25) is 0 Å². The number of carbonyl (C=O) groups is 1. The second kappa shape index (κ2) is 7.70. The molecule has 0 aliphatic heterocycles. The monoisotopic (exact) mass is 342 g/mol. The van der Waals surface area contributed by atoms with E-state index >= 15 is 0 Å². The van der Waals surface area contributed by atoms with Crippen molar-refractivity contribution in [3.05, 3.63) is 47.5 Å². The van der Waals surface area contributed by atoms with Crippen LogP contribution in [0.1, 0.15) is 24.5 Å². The minimum absolute atomic E-state index is 0.0287. The Kier molecular flexibility index (Phi) is 5.88. The molecule has 0 fully saturated rings. The minimum atomic E-state index is -4.41. The van der Waals surface area contributed by atoms with Gasteiger partial charge in [-0.2, -0.15) is 13.2 Å². The van der Waals surface area contributed by atoms with E-state index in [1.807, 2.05) is 12.2 Å². The van der Waals surface area contributed by atoms with E-state index < -0.39 is 23.8 Å². The number of hydrogen-bond donors (Lipinski definition) is 3. The fourth-order valence-corrected chi connectivity index (χ4v) is 2.81. The zero-order valence-corrected chi connectivity index (χ0v) is 13.3. The summed E-state index contributed by atoms with van der Waals surface area (Å²) in [4.78, 5) is 11.9. The highest BCUT2D eigenvalue weighted by molar-refractivity contribution is 5.74. The highest BCUT2D eigenvalue weighted by Gasteiger charge is 2.33. The molecule has 2 rings (SSSR count). The number of hydrogen-bond acceptors (Lipinski definition) is 2. The second-order valence-corrected chi connectivity index (χ2v) is 6.05. The average molecular weight is 342 g/mol. The van der Waals surface area contributed by atoms with Gasteiger partial charge in [-0.25, -0.2) is 4.79 Å². The Hall–Kier alpha value is -2.02. The van der Waals surface area contributed by atoms with Crippen LogP contribution in [-0.4, -0.2) is 29.8 Å². The summed E-state index contributed by atoms with van der Waals surface area (Å²) in [6, 6.07) is 4.31. The fraction of sp³-hybridized carbons (Fsp3) is 0.471. The normalized spacial score (nSPS) is 21.5. The van der Waals surface area contributed by atoms with Crippen LogP contribution in [0.25, 0.3) is 0 Å². The van der Waals surface area contributed by atoms with Gasteiger partial charge in [0, 0.05) is 24.6 Å². The molecule has 3 atom stereocenters. The second-order valence-electron chi connectivity index (χ2n) is 6.05. The Morgan fingerprint density at radius 1 is 1.33 bits per heavy atom. The Morgan fingerprint density at radius 3 is 2.67 bits per heavy atom. The van der Waals surface area contributed by atoms with Gasteiger partial charge in [0.1, 0.15) is 0 Å². The first-order valence-corrected chi connectivity index (χ1v) is 7.81. The molecule has 7 heteroatoms. The molecule has 2 amide bonds. The number of rotatable bonds is 5. The predicted molar refractivity (Wildman–Crippen MR) is 84.4 cm³/mol. The number of benzene rings is 1. The largest absolute Gasteiger partial charge is 0.416 e. The first-order chi connectivity index (χ1) is 11.3. The highest BCUT2D eigenvalue weighted by Crippen LogP contribution is 2.32. The average Bonchev–Trinajstić information content (AvgIpc) is 2.93. The van der Waals surface area contributed by atoms with Crippen molar-refractivity contribution in [2.45, 2.75) is 38.0 Å². The molecule has 0 radical (unpaired) electrons. The third-order valence-corrected chi connectivity index (χ3v) is 3.95. The van der Waals surface area contributed by atoms with Crippen LogP contribution in [-0.2, 0) is 12.6 Å². The molecule has 0 aromatic heterocycles. The smallest absolute Gasteiger partial charge is 0.396 e. The molecule has 1 aliphatic rings. The first kappa shape index (κ1) is 18.3. The summed E-state index contributed by atoms with van der Waals surface area (Å²) in [5, 5.41) is 14.4. The summed E-state index contributed by atoms with van der Waals surface area (Å²) in [6.45, 7) is 1.69. The molecule has 24 heavy (non-hydrogen) atoms. The summed E-state index contributed by atoms with van der Waals surface area (Å²) in [6.07, 6.45) is -0.0529. The van der Waals surface area contributed by atoms with Crippen LogP contribution in [0, 0.1) is 5.92 Å². The number of alkyl halides is 3. The van der Waals surface area contributed by atoms with Gasteiger partial charge in [-0.05, 0) is 31.4 Å². The van der Waals surface area contributed by atoms with Gasteiger partial charge in [0.15, 0.2) is 0 Å². The lowest BCUT2D eigenvalue weighted by Crippen LogP contribution is -2.45. The molecular weight excluding hydrogens is 321 g/mol. The Balaban J connectivity index is 1.89. The molecule has 4 nitrogen and oxygen atoms in total. The number of aliphatic hydroxyl groups excluding tert-OH is 1. The maximum Gasteiger partial charge on any atom is 0.416 e. The zero-order chi connectivity index (χ0) is 17.7. The number of aliphatic hydroxyl groups is 1. The van der Waals surface area contributed by atoms with Crippen molar-refractivity contribution in [3.8, 4) is 0 Å². The van der Waals surface area contributed by atoms with E-state index in [9.17, 15) is 18.0 Å². The van der Waals surface area contributed by atoms with E-state index in [4.69, 9.17) is 5.11 Å². The Bertz CT molecular complexity index is 602. The summed E-state index contributed by atoms with van der Waals surface area (Å²) < 4.78 is 38.9. The Labute approximate surface area is 138 Å². The van der Waals surface area contributed by atoms with Crippen LogP contribution in [0.3, 0.4) is 0 Å². The molecule has 0 spiro atoms. The highest BCUT2D eigenvalue weighted by atomic mass is 19.4. The van der Waals surface area contributed by atoms with Gasteiger partial charge in [-0.15, -0.1) is 0 Å². The molecule has 1 aromatic carbocycles. The van der Waals surface area contributed by atoms with Crippen molar-refractivity contribution < 1.29 is 23.1 Å². The third-order valence-electron chi connectivity index (χ3n) is 3.95. The lowest BCUT2D eigenvalue weighted by molar-refractivity contribution is -0.138. The molecule has 3 N–H and O–H groups in total. The van der Waals surface area contributed by atoms with Crippen LogP contribution >= 0.6 is 0 Å². The molecule has 0 saturated heterocycles. The quantitative estimate of drug-likeness (QED) is 0.721. The number of nitrogens with one attached hydrogen (secondary N) is 2. The van der Waals surface area contributed by atoms with Gasteiger partial charge in [0.25, 0.3) is 0 Å². The topological polar surface area (TPSA) is 61.4 Å². The number of urea groups is 1. The van der Waals surface area contributed by atoms with Crippen molar-refractivity contribution >= 4 is 6.03 Å². The van der Waals surface area contributed by atoms with Crippen molar-refractivity contribution in [2.75, 3.05) is 6.61 Å². The SMILES string of the molecule is C[C@H](Cc1ccccc1C(F)(F)F)NC(=O)N[C@@H]1C=C[C@H](CO)C1. The van der Waals surface area contributed by atoms with E-state index in [2.05, 4.69) is 10.6 Å². The summed E-state index contributed by atoms with van der Waals surface area (Å²) in [7, 11) is 0. The maximum atomic E-state index is 13.0. The molecule has 0 heterocycles. The molecule has 0 bridgehead atoms. The predicted octanol–water partition coefficient (Wildman–Crippen LogP) is 2.87. The van der Waals surface area contributed by atoms with E-state index in [1.165, 1.54) is 12.1 Å².